The molecule has 0 aliphatic heterocycles. The predicted octanol–water partition coefficient (Wildman–Crippen LogP) is 3.57. The Kier molecular flexibility index (Phi) is 6.87. The third-order valence-electron chi connectivity index (χ3n) is 4.92. The minimum atomic E-state index is -0.734. The molecule has 7 nitrogen and oxygen atoms in total. The lowest BCUT2D eigenvalue weighted by Crippen LogP contribution is -2.44. The Hall–Kier alpha value is -2.87. The van der Waals surface area contributed by atoms with Gasteiger partial charge in [0.1, 0.15) is 6.04 Å². The van der Waals surface area contributed by atoms with Crippen LogP contribution < -0.4 is 10.6 Å². The van der Waals surface area contributed by atoms with Crippen LogP contribution in [0.15, 0.2) is 42.5 Å². The average molecular weight is 413 g/mol. The highest BCUT2D eigenvalue weighted by Gasteiger charge is 2.23. The van der Waals surface area contributed by atoms with E-state index in [1.165, 1.54) is 35.4 Å². The van der Waals surface area contributed by atoms with Crippen LogP contribution in [0.1, 0.15) is 34.3 Å². The van der Waals surface area contributed by atoms with Crippen LogP contribution in [0.4, 0.5) is 11.4 Å². The van der Waals surface area contributed by atoms with Crippen molar-refractivity contribution in [2.24, 2.45) is 0 Å². The topological polar surface area (TPSA) is 101 Å². The zero-order chi connectivity index (χ0) is 20.8. The first kappa shape index (κ1) is 20.9. The van der Waals surface area contributed by atoms with E-state index in [0.29, 0.717) is 12.2 Å². The van der Waals surface area contributed by atoms with E-state index in [2.05, 4.69) is 10.6 Å². The monoisotopic (exact) mass is 413 g/mol. The number of rotatable bonds is 8. The van der Waals surface area contributed by atoms with Gasteiger partial charge < -0.3 is 10.6 Å². The highest BCUT2D eigenvalue weighted by Crippen LogP contribution is 2.25. The molecule has 2 N–H and O–H groups in total. The number of hydrogen-bond donors (Lipinski definition) is 2. The van der Waals surface area contributed by atoms with Crippen molar-refractivity contribution in [2.45, 2.75) is 31.7 Å². The van der Waals surface area contributed by atoms with Gasteiger partial charge in [0.25, 0.3) is 11.6 Å². The minimum Gasteiger partial charge on any atom is -0.340 e. The molecule has 0 saturated carbocycles. The summed E-state index contributed by atoms with van der Waals surface area (Å²) in [5.74, 6) is -0.114. The molecule has 1 aliphatic carbocycles. The third-order valence-corrected chi connectivity index (χ3v) is 5.56. The first-order valence-electron chi connectivity index (χ1n) is 9.45. The standard InChI is InChI=1S/C21H23N3O4S/c1-29-11-10-19(23-20(25)16-6-3-7-18(13-16)24(27)28)21(26)22-17-9-8-14-4-2-5-15(14)12-17/h3,6-9,12-13,19H,2,4-5,10-11H2,1H3,(H,22,26)(H,23,25). The summed E-state index contributed by atoms with van der Waals surface area (Å²) in [5, 5.41) is 16.6. The maximum atomic E-state index is 12.8. The van der Waals surface area contributed by atoms with Crippen molar-refractivity contribution in [1.82, 2.24) is 5.32 Å². The summed E-state index contributed by atoms with van der Waals surface area (Å²) >= 11 is 1.58. The zero-order valence-corrected chi connectivity index (χ0v) is 17.0. The van der Waals surface area contributed by atoms with Gasteiger partial charge in [-0.2, -0.15) is 11.8 Å². The SMILES string of the molecule is CSCCC(NC(=O)c1cccc([N+](=O)[O-])c1)C(=O)Nc1ccc2c(c1)CCC2. The molecular formula is C21H23N3O4S. The van der Waals surface area contributed by atoms with Crippen LogP contribution in [0.25, 0.3) is 0 Å². The predicted molar refractivity (Wildman–Crippen MR) is 114 cm³/mol. The van der Waals surface area contributed by atoms with Gasteiger partial charge in [0, 0.05) is 23.4 Å². The molecule has 0 fully saturated rings. The van der Waals surface area contributed by atoms with Crippen molar-refractivity contribution in [2.75, 3.05) is 17.3 Å². The summed E-state index contributed by atoms with van der Waals surface area (Å²) in [5.41, 5.74) is 3.28. The molecule has 8 heteroatoms. The first-order valence-corrected chi connectivity index (χ1v) is 10.8. The van der Waals surface area contributed by atoms with Crippen LogP contribution in [-0.2, 0) is 17.6 Å². The maximum absolute atomic E-state index is 12.8. The fourth-order valence-corrected chi connectivity index (χ4v) is 3.86. The number of fused-ring (bicyclic) bond motifs is 1. The summed E-state index contributed by atoms with van der Waals surface area (Å²) in [7, 11) is 0. The molecule has 0 spiro atoms. The van der Waals surface area contributed by atoms with E-state index in [1.54, 1.807) is 11.8 Å². The van der Waals surface area contributed by atoms with Crippen molar-refractivity contribution >= 4 is 35.0 Å². The number of thioether (sulfide) groups is 1. The molecule has 152 valence electrons. The lowest BCUT2D eigenvalue weighted by molar-refractivity contribution is -0.384. The summed E-state index contributed by atoms with van der Waals surface area (Å²) in [6.07, 6.45) is 5.59. The molecular weight excluding hydrogens is 390 g/mol. The van der Waals surface area contributed by atoms with Gasteiger partial charge in [-0.05, 0) is 67.0 Å². The number of carbonyl (C=O) groups is 2. The minimum absolute atomic E-state index is 0.152. The van der Waals surface area contributed by atoms with Crippen LogP contribution in [-0.4, -0.2) is 34.8 Å². The van der Waals surface area contributed by atoms with E-state index in [9.17, 15) is 19.7 Å². The quantitative estimate of drug-likeness (QED) is 0.509. The second-order valence-corrected chi connectivity index (χ2v) is 7.93. The fourth-order valence-electron chi connectivity index (χ4n) is 3.39. The summed E-state index contributed by atoms with van der Waals surface area (Å²) < 4.78 is 0. The summed E-state index contributed by atoms with van der Waals surface area (Å²) in [6, 6.07) is 10.7. The number of nitro benzene ring substituents is 1. The summed E-state index contributed by atoms with van der Waals surface area (Å²) in [6.45, 7) is 0. The van der Waals surface area contributed by atoms with Gasteiger partial charge in [-0.15, -0.1) is 0 Å². The van der Waals surface area contributed by atoms with Gasteiger partial charge in [-0.3, -0.25) is 19.7 Å². The maximum Gasteiger partial charge on any atom is 0.270 e. The van der Waals surface area contributed by atoms with E-state index < -0.39 is 16.9 Å². The molecule has 1 aliphatic rings. The number of aryl methyl sites for hydroxylation is 2. The highest BCUT2D eigenvalue weighted by atomic mass is 32.2. The number of non-ortho nitro benzene ring substituents is 1. The van der Waals surface area contributed by atoms with Gasteiger partial charge in [-0.25, -0.2) is 0 Å². The van der Waals surface area contributed by atoms with E-state index in [0.717, 1.165) is 24.9 Å². The molecule has 0 radical (unpaired) electrons. The molecule has 0 saturated heterocycles. The molecule has 0 bridgehead atoms. The number of nitrogens with one attached hydrogen (secondary N) is 2. The van der Waals surface area contributed by atoms with E-state index in [4.69, 9.17) is 0 Å². The Morgan fingerprint density at radius 3 is 2.72 bits per heavy atom. The van der Waals surface area contributed by atoms with Gasteiger partial charge >= 0.3 is 0 Å². The Morgan fingerprint density at radius 2 is 1.97 bits per heavy atom. The number of hydrogen-bond acceptors (Lipinski definition) is 5. The number of carbonyl (C=O) groups excluding carboxylic acids is 2. The number of amides is 2. The Bertz CT molecular complexity index is 932. The lowest BCUT2D eigenvalue weighted by atomic mass is 10.1. The Labute approximate surface area is 173 Å². The summed E-state index contributed by atoms with van der Waals surface area (Å²) in [4.78, 5) is 35.8. The molecule has 0 aromatic heterocycles. The van der Waals surface area contributed by atoms with Crippen molar-refractivity contribution in [3.05, 3.63) is 69.3 Å². The van der Waals surface area contributed by atoms with Crippen LogP contribution >= 0.6 is 11.8 Å². The lowest BCUT2D eigenvalue weighted by Gasteiger charge is -2.18. The second kappa shape index (κ2) is 9.56. The van der Waals surface area contributed by atoms with Crippen molar-refractivity contribution in [3.63, 3.8) is 0 Å². The van der Waals surface area contributed by atoms with Gasteiger partial charge in [0.15, 0.2) is 0 Å². The zero-order valence-electron chi connectivity index (χ0n) is 16.1. The van der Waals surface area contributed by atoms with E-state index in [-0.39, 0.29) is 17.2 Å². The third kappa shape index (κ3) is 5.35. The van der Waals surface area contributed by atoms with Crippen LogP contribution in [0, 0.1) is 10.1 Å². The smallest absolute Gasteiger partial charge is 0.270 e. The Balaban J connectivity index is 1.71. The van der Waals surface area contributed by atoms with Crippen molar-refractivity contribution < 1.29 is 14.5 Å². The normalized spacial score (nSPS) is 13.4. The molecule has 2 aromatic rings. The average Bonchev–Trinajstić information content (AvgIpc) is 3.18. The molecule has 1 atom stereocenters. The van der Waals surface area contributed by atoms with Crippen molar-refractivity contribution in [1.29, 1.82) is 0 Å². The molecule has 0 heterocycles. The molecule has 2 aromatic carbocycles. The number of nitrogens with zero attached hydrogens (tertiary/aromatic N) is 1. The largest absolute Gasteiger partial charge is 0.340 e. The van der Waals surface area contributed by atoms with E-state index >= 15 is 0 Å². The van der Waals surface area contributed by atoms with Crippen LogP contribution in [0.2, 0.25) is 0 Å². The molecule has 29 heavy (non-hydrogen) atoms. The fraction of sp³-hybridized carbons (Fsp3) is 0.333. The number of benzene rings is 2. The number of nitro groups is 1. The number of anilines is 1. The van der Waals surface area contributed by atoms with Gasteiger partial charge in [-0.1, -0.05) is 12.1 Å². The van der Waals surface area contributed by atoms with Crippen LogP contribution in [0.5, 0.6) is 0 Å². The first-order chi connectivity index (χ1) is 14.0. The van der Waals surface area contributed by atoms with Crippen LogP contribution in [0.3, 0.4) is 0 Å². The highest BCUT2D eigenvalue weighted by molar-refractivity contribution is 7.98. The Morgan fingerprint density at radius 1 is 1.17 bits per heavy atom. The molecule has 2 amide bonds. The van der Waals surface area contributed by atoms with Gasteiger partial charge in [0.05, 0.1) is 4.92 Å². The van der Waals surface area contributed by atoms with Gasteiger partial charge in [0.2, 0.25) is 5.91 Å². The van der Waals surface area contributed by atoms with E-state index in [1.807, 2.05) is 24.5 Å². The molecule has 1 unspecified atom stereocenters. The molecule has 3 rings (SSSR count). The second-order valence-electron chi connectivity index (χ2n) is 6.94. The van der Waals surface area contributed by atoms with Crippen molar-refractivity contribution in [3.8, 4) is 0 Å².